The van der Waals surface area contributed by atoms with Crippen molar-refractivity contribution < 1.29 is 4.74 Å². The number of nitrogens with one attached hydrogen (secondary N) is 1. The Hall–Kier alpha value is -1.51. The lowest BCUT2D eigenvalue weighted by molar-refractivity contribution is 0.185. The van der Waals surface area contributed by atoms with Gasteiger partial charge in [0.1, 0.15) is 0 Å². The number of hydrogen-bond acceptors (Lipinski definition) is 2. The molecule has 0 atom stereocenters. The van der Waals surface area contributed by atoms with Crippen molar-refractivity contribution in [2.45, 2.75) is 13.2 Å². The predicted octanol–water partition coefficient (Wildman–Crippen LogP) is 4.10. The number of hydrogen-bond donors (Lipinski definition) is 1. The first-order valence-corrected chi connectivity index (χ1v) is 6.22. The zero-order valence-corrected chi connectivity index (χ0v) is 11.1. The molecule has 3 heteroatoms. The van der Waals surface area contributed by atoms with Crippen LogP contribution in [0.15, 0.2) is 48.5 Å². The molecule has 0 spiro atoms. The molecule has 18 heavy (non-hydrogen) atoms. The van der Waals surface area contributed by atoms with Crippen LogP contribution in [0.5, 0.6) is 0 Å². The molecule has 2 nitrogen and oxygen atoms in total. The van der Waals surface area contributed by atoms with Crippen LogP contribution in [0.2, 0.25) is 5.02 Å². The van der Waals surface area contributed by atoms with Crippen LogP contribution in [-0.4, -0.2) is 7.11 Å². The van der Waals surface area contributed by atoms with Crippen molar-refractivity contribution in [2.75, 3.05) is 12.4 Å². The van der Waals surface area contributed by atoms with Gasteiger partial charge in [-0.3, -0.25) is 0 Å². The van der Waals surface area contributed by atoms with Gasteiger partial charge in [0.25, 0.3) is 0 Å². The fourth-order valence-electron chi connectivity index (χ4n) is 1.77. The molecule has 0 aliphatic rings. The van der Waals surface area contributed by atoms with Gasteiger partial charge in [0.05, 0.1) is 6.61 Å². The summed E-state index contributed by atoms with van der Waals surface area (Å²) in [5.74, 6) is 0. The Morgan fingerprint density at radius 1 is 1.06 bits per heavy atom. The third kappa shape index (κ3) is 3.76. The molecule has 94 valence electrons. The van der Waals surface area contributed by atoms with Gasteiger partial charge < -0.3 is 10.1 Å². The summed E-state index contributed by atoms with van der Waals surface area (Å²) in [6.07, 6.45) is 0. The van der Waals surface area contributed by atoms with E-state index in [0.29, 0.717) is 6.61 Å². The maximum atomic E-state index is 5.84. The summed E-state index contributed by atoms with van der Waals surface area (Å²) in [5, 5.41) is 4.11. The summed E-state index contributed by atoms with van der Waals surface area (Å²) >= 11 is 5.84. The molecule has 0 saturated heterocycles. The highest BCUT2D eigenvalue weighted by atomic mass is 35.5. The molecule has 0 heterocycles. The summed E-state index contributed by atoms with van der Waals surface area (Å²) in [5.41, 5.74) is 3.49. The fraction of sp³-hybridized carbons (Fsp3) is 0.200. The van der Waals surface area contributed by atoms with Crippen LogP contribution in [0, 0.1) is 0 Å². The normalized spacial score (nSPS) is 10.3. The summed E-state index contributed by atoms with van der Waals surface area (Å²) in [6.45, 7) is 1.44. The minimum atomic E-state index is 0.648. The van der Waals surface area contributed by atoms with Crippen molar-refractivity contribution in [3.05, 3.63) is 64.7 Å². The number of ether oxygens (including phenoxy) is 1. The molecule has 0 saturated carbocycles. The number of halogens is 1. The van der Waals surface area contributed by atoms with Crippen LogP contribution in [0.3, 0.4) is 0 Å². The van der Waals surface area contributed by atoms with Crippen LogP contribution in [-0.2, 0) is 17.9 Å². The Kier molecular flexibility index (Phi) is 4.62. The molecular formula is C15H16ClNO. The van der Waals surface area contributed by atoms with Gasteiger partial charge in [0, 0.05) is 24.4 Å². The van der Waals surface area contributed by atoms with Crippen molar-refractivity contribution in [2.24, 2.45) is 0 Å². The summed E-state index contributed by atoms with van der Waals surface area (Å²) in [6, 6.07) is 16.1. The van der Waals surface area contributed by atoms with Gasteiger partial charge in [-0.15, -0.1) is 0 Å². The molecule has 1 N–H and O–H groups in total. The highest BCUT2D eigenvalue weighted by Crippen LogP contribution is 2.15. The molecule has 0 bridgehead atoms. The molecule has 0 aliphatic heterocycles. The average molecular weight is 262 g/mol. The molecule has 0 radical (unpaired) electrons. The monoisotopic (exact) mass is 261 g/mol. The van der Waals surface area contributed by atoms with Gasteiger partial charge in [-0.25, -0.2) is 0 Å². The van der Waals surface area contributed by atoms with E-state index >= 15 is 0 Å². The highest BCUT2D eigenvalue weighted by molar-refractivity contribution is 6.30. The van der Waals surface area contributed by atoms with Gasteiger partial charge in [-0.2, -0.15) is 0 Å². The maximum Gasteiger partial charge on any atom is 0.0713 e. The smallest absolute Gasteiger partial charge is 0.0713 e. The lowest BCUT2D eigenvalue weighted by Crippen LogP contribution is -2.00. The van der Waals surface area contributed by atoms with E-state index in [9.17, 15) is 0 Å². The van der Waals surface area contributed by atoms with E-state index in [0.717, 1.165) is 17.3 Å². The van der Waals surface area contributed by atoms with Crippen LogP contribution in [0.1, 0.15) is 11.1 Å². The number of benzene rings is 2. The van der Waals surface area contributed by atoms with E-state index in [4.69, 9.17) is 16.3 Å². The Balaban J connectivity index is 1.97. The second kappa shape index (κ2) is 6.43. The van der Waals surface area contributed by atoms with Gasteiger partial charge in [0.2, 0.25) is 0 Å². The van der Waals surface area contributed by atoms with Crippen molar-refractivity contribution in [1.29, 1.82) is 0 Å². The third-order valence-corrected chi connectivity index (χ3v) is 2.90. The zero-order chi connectivity index (χ0) is 12.8. The quantitative estimate of drug-likeness (QED) is 0.875. The van der Waals surface area contributed by atoms with Crippen molar-refractivity contribution in [3.63, 3.8) is 0 Å². The summed E-state index contributed by atoms with van der Waals surface area (Å²) in [7, 11) is 1.71. The highest BCUT2D eigenvalue weighted by Gasteiger charge is 1.97. The van der Waals surface area contributed by atoms with Gasteiger partial charge >= 0.3 is 0 Å². The number of rotatable bonds is 5. The number of methoxy groups -OCH3 is 1. The molecule has 0 aliphatic carbocycles. The molecule has 2 aromatic rings. The van der Waals surface area contributed by atoms with Crippen molar-refractivity contribution >= 4 is 17.3 Å². The van der Waals surface area contributed by atoms with Crippen molar-refractivity contribution in [3.8, 4) is 0 Å². The fourth-order valence-corrected chi connectivity index (χ4v) is 1.89. The van der Waals surface area contributed by atoms with E-state index in [1.807, 2.05) is 30.3 Å². The minimum absolute atomic E-state index is 0.648. The lowest BCUT2D eigenvalue weighted by Gasteiger charge is -2.08. The van der Waals surface area contributed by atoms with Crippen LogP contribution >= 0.6 is 11.6 Å². The van der Waals surface area contributed by atoms with Gasteiger partial charge in [0.15, 0.2) is 0 Å². The molecule has 2 aromatic carbocycles. The molecule has 2 rings (SSSR count). The predicted molar refractivity (Wildman–Crippen MR) is 75.9 cm³/mol. The van der Waals surface area contributed by atoms with Gasteiger partial charge in [-0.1, -0.05) is 35.9 Å². The Morgan fingerprint density at radius 2 is 1.78 bits per heavy atom. The van der Waals surface area contributed by atoms with E-state index in [1.54, 1.807) is 7.11 Å². The van der Waals surface area contributed by atoms with Gasteiger partial charge in [-0.05, 0) is 35.4 Å². The van der Waals surface area contributed by atoms with Crippen molar-refractivity contribution in [1.82, 2.24) is 0 Å². The topological polar surface area (TPSA) is 21.3 Å². The second-order valence-corrected chi connectivity index (χ2v) is 4.55. The molecule has 0 aromatic heterocycles. The largest absolute Gasteiger partial charge is 0.381 e. The van der Waals surface area contributed by atoms with Crippen LogP contribution in [0.25, 0.3) is 0 Å². The van der Waals surface area contributed by atoms with Crippen LogP contribution in [0.4, 0.5) is 5.69 Å². The third-order valence-electron chi connectivity index (χ3n) is 2.64. The Labute approximate surface area is 113 Å². The zero-order valence-electron chi connectivity index (χ0n) is 10.3. The summed E-state index contributed by atoms with van der Waals surface area (Å²) in [4.78, 5) is 0. The van der Waals surface area contributed by atoms with E-state index in [2.05, 4.69) is 23.5 Å². The first-order valence-electron chi connectivity index (χ1n) is 5.84. The van der Waals surface area contributed by atoms with E-state index in [1.165, 1.54) is 11.1 Å². The Bertz CT molecular complexity index is 496. The second-order valence-electron chi connectivity index (χ2n) is 4.11. The molecule has 0 amide bonds. The molecule has 0 unspecified atom stereocenters. The lowest BCUT2D eigenvalue weighted by atomic mass is 10.1. The Morgan fingerprint density at radius 3 is 2.50 bits per heavy atom. The van der Waals surface area contributed by atoms with E-state index in [-0.39, 0.29) is 0 Å². The molecule has 0 fully saturated rings. The SMILES string of the molecule is COCc1cccc(CNc2ccc(Cl)cc2)c1. The summed E-state index contributed by atoms with van der Waals surface area (Å²) < 4.78 is 5.12. The average Bonchev–Trinajstić information content (AvgIpc) is 2.39. The van der Waals surface area contributed by atoms with Crippen LogP contribution < -0.4 is 5.32 Å². The molecular weight excluding hydrogens is 246 g/mol. The van der Waals surface area contributed by atoms with E-state index < -0.39 is 0 Å². The minimum Gasteiger partial charge on any atom is -0.381 e. The number of anilines is 1. The maximum absolute atomic E-state index is 5.84. The first kappa shape index (κ1) is 12.9. The first-order chi connectivity index (χ1) is 8.78. The standard InChI is InChI=1S/C15H16ClNO/c1-18-11-13-4-2-3-12(9-13)10-17-15-7-5-14(16)6-8-15/h2-9,17H,10-11H2,1H3.